The van der Waals surface area contributed by atoms with Gasteiger partial charge in [0.25, 0.3) is 11.8 Å². The van der Waals surface area contributed by atoms with Gasteiger partial charge in [0, 0.05) is 45.8 Å². The molecule has 1 saturated heterocycles. The van der Waals surface area contributed by atoms with E-state index in [0.29, 0.717) is 33.5 Å². The summed E-state index contributed by atoms with van der Waals surface area (Å²) < 4.78 is 10.7. The first kappa shape index (κ1) is 42.7. The molecule has 0 bridgehead atoms. The van der Waals surface area contributed by atoms with Gasteiger partial charge < -0.3 is 30.0 Å². The van der Waals surface area contributed by atoms with Crippen LogP contribution in [0.15, 0.2) is 101 Å². The van der Waals surface area contributed by atoms with Crippen LogP contribution in [0.3, 0.4) is 0 Å². The minimum atomic E-state index is -1.05. The molecule has 6 rings (SSSR count). The van der Waals surface area contributed by atoms with Gasteiger partial charge >= 0.3 is 0 Å². The third-order valence-corrected chi connectivity index (χ3v) is 8.52. The molecule has 0 aliphatic carbocycles. The SMILES string of the molecule is C1CCOC1.[C-]#[N+]c1ccc(N[C@@H](C(=O)NNC(=O)c2ccccc2)[C@H](C)O)cc1Cl.[C-]#[N+]c1ccc(N[C@@H](c2nnc(-c3ccccc3)o2)[C@H](C)O)cc1Cl. The number of anilines is 2. The number of nitrogens with zero attached hydrogens (tertiary/aromatic N) is 4. The van der Waals surface area contributed by atoms with Crippen molar-refractivity contribution in [2.24, 2.45) is 0 Å². The van der Waals surface area contributed by atoms with E-state index in [2.05, 4.69) is 41.4 Å². The van der Waals surface area contributed by atoms with E-state index in [4.69, 9.17) is 45.5 Å². The molecule has 56 heavy (non-hydrogen) atoms. The summed E-state index contributed by atoms with van der Waals surface area (Å²) in [6, 6.07) is 25.6. The van der Waals surface area contributed by atoms with Crippen LogP contribution in [0.4, 0.5) is 22.7 Å². The maximum atomic E-state index is 12.3. The van der Waals surface area contributed by atoms with Crippen molar-refractivity contribution < 1.29 is 29.0 Å². The number of aromatic nitrogens is 2. The second kappa shape index (κ2) is 21.8. The molecule has 6 N–H and O–H groups in total. The van der Waals surface area contributed by atoms with Gasteiger partial charge in [-0.3, -0.25) is 20.4 Å². The van der Waals surface area contributed by atoms with Crippen LogP contribution in [0.5, 0.6) is 0 Å². The molecule has 1 fully saturated rings. The Kier molecular flexibility index (Phi) is 16.6. The van der Waals surface area contributed by atoms with E-state index in [1.54, 1.807) is 61.5 Å². The molecular formula is C40H40Cl2N8O6. The molecular weight excluding hydrogens is 759 g/mol. The molecule has 14 nitrogen and oxygen atoms in total. The Morgan fingerprint density at radius 3 is 1.79 bits per heavy atom. The van der Waals surface area contributed by atoms with Crippen LogP contribution in [0.1, 0.15) is 49.0 Å². The maximum absolute atomic E-state index is 12.3. The van der Waals surface area contributed by atoms with E-state index in [-0.39, 0.29) is 16.6 Å². The van der Waals surface area contributed by atoms with Gasteiger partial charge in [-0.1, -0.05) is 71.7 Å². The predicted molar refractivity (Wildman–Crippen MR) is 214 cm³/mol. The first-order chi connectivity index (χ1) is 27.0. The van der Waals surface area contributed by atoms with E-state index in [0.717, 1.165) is 18.8 Å². The molecule has 0 saturated carbocycles. The molecule has 1 aromatic heterocycles. The van der Waals surface area contributed by atoms with Crippen LogP contribution in [0.25, 0.3) is 21.1 Å². The average Bonchev–Trinajstić information content (AvgIpc) is 3.96. The number of ether oxygens (including phenoxy) is 1. The smallest absolute Gasteiger partial charge is 0.269 e. The topological polar surface area (TPSA) is 180 Å². The lowest BCUT2D eigenvalue weighted by Crippen LogP contribution is -2.52. The van der Waals surface area contributed by atoms with E-state index in [9.17, 15) is 19.8 Å². The van der Waals surface area contributed by atoms with Crippen LogP contribution in [-0.4, -0.2) is 63.7 Å². The molecule has 1 aliphatic rings. The molecule has 0 spiro atoms. The predicted octanol–water partition coefficient (Wildman–Crippen LogP) is 7.78. The highest BCUT2D eigenvalue weighted by Gasteiger charge is 2.26. The Labute approximate surface area is 334 Å². The number of hydrazine groups is 1. The fraction of sp³-hybridized carbons (Fsp3) is 0.250. The maximum Gasteiger partial charge on any atom is 0.269 e. The molecule has 290 valence electrons. The van der Waals surface area contributed by atoms with Crippen molar-refractivity contribution in [3.05, 3.63) is 141 Å². The molecule has 2 heterocycles. The number of aliphatic hydroxyl groups is 2. The van der Waals surface area contributed by atoms with Crippen LogP contribution in [0.2, 0.25) is 10.0 Å². The number of rotatable bonds is 10. The lowest BCUT2D eigenvalue weighted by molar-refractivity contribution is -0.124. The summed E-state index contributed by atoms with van der Waals surface area (Å²) in [5.41, 5.74) is 7.50. The number of hydrogen-bond acceptors (Lipinski definition) is 10. The summed E-state index contributed by atoms with van der Waals surface area (Å²) in [6.07, 6.45) is 0.714. The molecule has 16 heteroatoms. The number of carbonyl (C=O) groups is 2. The third-order valence-electron chi connectivity index (χ3n) is 7.92. The highest BCUT2D eigenvalue weighted by atomic mass is 35.5. The van der Waals surface area contributed by atoms with Gasteiger partial charge in [-0.15, -0.1) is 10.2 Å². The highest BCUT2D eigenvalue weighted by Crippen LogP contribution is 2.31. The first-order valence-electron chi connectivity index (χ1n) is 17.4. The molecule has 1 aliphatic heterocycles. The number of aliphatic hydroxyl groups excluding tert-OH is 2. The fourth-order valence-electron chi connectivity index (χ4n) is 4.95. The van der Waals surface area contributed by atoms with Gasteiger partial charge in [0.15, 0.2) is 0 Å². The van der Waals surface area contributed by atoms with Crippen molar-refractivity contribution in [2.45, 2.75) is 51.0 Å². The second-order valence-electron chi connectivity index (χ2n) is 12.2. The Morgan fingerprint density at radius 2 is 1.30 bits per heavy atom. The van der Waals surface area contributed by atoms with Crippen LogP contribution in [-0.2, 0) is 9.53 Å². The first-order valence-corrected chi connectivity index (χ1v) is 18.1. The van der Waals surface area contributed by atoms with Crippen LogP contribution in [0, 0.1) is 13.1 Å². The monoisotopic (exact) mass is 798 g/mol. The number of hydrogen-bond donors (Lipinski definition) is 6. The van der Waals surface area contributed by atoms with Gasteiger partial charge in [-0.25, -0.2) is 9.69 Å². The van der Waals surface area contributed by atoms with Crippen molar-refractivity contribution in [3.63, 3.8) is 0 Å². The normalized spacial score (nSPS) is 13.7. The third kappa shape index (κ3) is 12.8. The van der Waals surface area contributed by atoms with E-state index >= 15 is 0 Å². The molecule has 5 aromatic rings. The van der Waals surface area contributed by atoms with Gasteiger partial charge in [-0.2, -0.15) is 0 Å². The lowest BCUT2D eigenvalue weighted by atomic mass is 10.1. The van der Waals surface area contributed by atoms with Crippen molar-refractivity contribution in [2.75, 3.05) is 23.8 Å². The van der Waals surface area contributed by atoms with Crippen molar-refractivity contribution in [1.82, 2.24) is 21.0 Å². The standard InChI is InChI=1S/C18H17ClN4O3.C18H15ClN4O2.C4H8O/c1-11(24)16(21-13-8-9-15(20-2)14(19)10-13)18(26)23-22-17(25)12-6-4-3-5-7-12;1-11(24)16(21-13-8-9-15(20-2)14(19)10-13)18-23-22-17(25-18)12-6-4-3-5-7-12;1-2-4-5-3-1/h3-11,16,21,24H,1H3,(H,22,25)(H,23,26);3-11,16,21,24H,1H3;1-4H2/t2*11-,16+;/m00./s1. The highest BCUT2D eigenvalue weighted by molar-refractivity contribution is 6.34. The summed E-state index contributed by atoms with van der Waals surface area (Å²) in [5.74, 6) is -0.467. The zero-order valence-corrected chi connectivity index (χ0v) is 32.0. The molecule has 4 aromatic carbocycles. The lowest BCUT2D eigenvalue weighted by Gasteiger charge is -2.22. The Bertz CT molecular complexity index is 2110. The number of amides is 2. The average molecular weight is 800 g/mol. The Morgan fingerprint density at radius 1 is 0.750 bits per heavy atom. The van der Waals surface area contributed by atoms with Crippen molar-refractivity contribution in [3.8, 4) is 11.5 Å². The molecule has 2 amide bonds. The fourth-order valence-corrected chi connectivity index (χ4v) is 5.40. The minimum absolute atomic E-state index is 0.229. The quantitative estimate of drug-likeness (QED) is 0.0604. The zero-order chi connectivity index (χ0) is 40.5. The number of carbonyl (C=O) groups excluding carboxylic acids is 2. The van der Waals surface area contributed by atoms with Gasteiger partial charge in [0.1, 0.15) is 12.1 Å². The van der Waals surface area contributed by atoms with Gasteiger partial charge in [0.05, 0.1) is 25.4 Å². The van der Waals surface area contributed by atoms with Crippen molar-refractivity contribution in [1.29, 1.82) is 0 Å². The summed E-state index contributed by atoms with van der Waals surface area (Å²) in [6.45, 7) is 19.1. The van der Waals surface area contributed by atoms with E-state index in [1.807, 2.05) is 30.3 Å². The van der Waals surface area contributed by atoms with Crippen molar-refractivity contribution >= 4 is 57.8 Å². The summed E-state index contributed by atoms with van der Waals surface area (Å²) >= 11 is 12.0. The molecule has 0 unspecified atom stereocenters. The Hall–Kier alpha value is -6.00. The molecule has 4 atom stereocenters. The van der Waals surface area contributed by atoms with Crippen LogP contribution >= 0.6 is 23.2 Å². The number of nitrogens with one attached hydrogen (secondary N) is 4. The van der Waals surface area contributed by atoms with Crippen LogP contribution < -0.4 is 21.5 Å². The zero-order valence-electron chi connectivity index (χ0n) is 30.4. The summed E-state index contributed by atoms with van der Waals surface area (Å²) in [5, 5.41) is 34.6. The minimum Gasteiger partial charge on any atom is -0.418 e. The van der Waals surface area contributed by atoms with E-state index < -0.39 is 36.1 Å². The number of halogens is 2. The second-order valence-corrected chi connectivity index (χ2v) is 13.0. The van der Waals surface area contributed by atoms with Gasteiger partial charge in [0.2, 0.25) is 23.2 Å². The molecule has 0 radical (unpaired) electrons. The summed E-state index contributed by atoms with van der Waals surface area (Å²) in [4.78, 5) is 30.8. The Balaban J connectivity index is 0.000000221. The largest absolute Gasteiger partial charge is 0.418 e. The van der Waals surface area contributed by atoms with E-state index in [1.165, 1.54) is 31.9 Å². The number of benzene rings is 4. The summed E-state index contributed by atoms with van der Waals surface area (Å²) in [7, 11) is 0. The van der Waals surface area contributed by atoms with Gasteiger partial charge in [-0.05, 0) is 75.2 Å².